The van der Waals surface area contributed by atoms with Crippen molar-refractivity contribution in [3.05, 3.63) is 35.4 Å². The lowest BCUT2D eigenvalue weighted by atomic mass is 9.94. The number of nitrogens with two attached hydrogens (primary N) is 1. The van der Waals surface area contributed by atoms with Gasteiger partial charge in [0, 0.05) is 19.1 Å². The van der Waals surface area contributed by atoms with Gasteiger partial charge in [-0.05, 0) is 24.8 Å². The molecule has 3 nitrogen and oxygen atoms in total. The Hall–Kier alpha value is -1.35. The van der Waals surface area contributed by atoms with Crippen molar-refractivity contribution in [2.24, 2.45) is 11.7 Å². The highest BCUT2D eigenvalue weighted by atomic mass is 16.2. The summed E-state index contributed by atoms with van der Waals surface area (Å²) in [4.78, 5) is 14.2. The van der Waals surface area contributed by atoms with E-state index in [4.69, 9.17) is 5.73 Å². The average molecular weight is 246 g/mol. The molecule has 1 aliphatic heterocycles. The van der Waals surface area contributed by atoms with Gasteiger partial charge in [-0.3, -0.25) is 4.79 Å². The van der Waals surface area contributed by atoms with Gasteiger partial charge in [0.1, 0.15) is 0 Å². The Morgan fingerprint density at radius 1 is 1.50 bits per heavy atom. The van der Waals surface area contributed by atoms with Crippen LogP contribution >= 0.6 is 0 Å². The molecule has 0 bridgehead atoms. The average Bonchev–Trinajstić information content (AvgIpc) is 2.32. The zero-order valence-corrected chi connectivity index (χ0v) is 11.2. The van der Waals surface area contributed by atoms with Crippen LogP contribution in [0.2, 0.25) is 0 Å². The minimum absolute atomic E-state index is 0.222. The van der Waals surface area contributed by atoms with Crippen molar-refractivity contribution in [2.75, 3.05) is 13.1 Å². The number of piperidine rings is 1. The fraction of sp³-hybridized carbons (Fsp3) is 0.533. The molecule has 18 heavy (non-hydrogen) atoms. The third-order valence-electron chi connectivity index (χ3n) is 3.76. The van der Waals surface area contributed by atoms with E-state index < -0.39 is 0 Å². The molecule has 1 amide bonds. The molecule has 2 N–H and O–H groups in total. The zero-order valence-electron chi connectivity index (χ0n) is 11.2. The van der Waals surface area contributed by atoms with E-state index in [1.165, 1.54) is 5.56 Å². The van der Waals surface area contributed by atoms with Crippen molar-refractivity contribution in [3.8, 4) is 0 Å². The van der Waals surface area contributed by atoms with Gasteiger partial charge < -0.3 is 10.6 Å². The molecule has 1 heterocycles. The monoisotopic (exact) mass is 246 g/mol. The van der Waals surface area contributed by atoms with E-state index in [1.807, 2.05) is 17.0 Å². The summed E-state index contributed by atoms with van der Waals surface area (Å²) in [6.45, 7) is 5.77. The van der Waals surface area contributed by atoms with Crippen molar-refractivity contribution in [1.82, 2.24) is 4.90 Å². The molecule has 1 aliphatic rings. The lowest BCUT2D eigenvalue weighted by molar-refractivity contribution is -0.132. The van der Waals surface area contributed by atoms with Crippen LogP contribution < -0.4 is 5.73 Å². The predicted octanol–water partition coefficient (Wildman–Crippen LogP) is 1.73. The first kappa shape index (κ1) is 13.1. The van der Waals surface area contributed by atoms with Crippen molar-refractivity contribution >= 4 is 5.91 Å². The summed E-state index contributed by atoms with van der Waals surface area (Å²) in [5.41, 5.74) is 8.28. The van der Waals surface area contributed by atoms with Crippen LogP contribution in [0.15, 0.2) is 24.3 Å². The van der Waals surface area contributed by atoms with Crippen LogP contribution in [0.25, 0.3) is 0 Å². The van der Waals surface area contributed by atoms with Gasteiger partial charge >= 0.3 is 0 Å². The molecule has 1 fully saturated rings. The third kappa shape index (κ3) is 3.10. The maximum absolute atomic E-state index is 12.2. The van der Waals surface area contributed by atoms with Gasteiger partial charge in [-0.1, -0.05) is 36.8 Å². The molecule has 0 aromatic heterocycles. The minimum Gasteiger partial charge on any atom is -0.342 e. The maximum atomic E-state index is 12.2. The second kappa shape index (κ2) is 5.53. The van der Waals surface area contributed by atoms with E-state index in [2.05, 4.69) is 26.0 Å². The Kier molecular flexibility index (Phi) is 4.02. The summed E-state index contributed by atoms with van der Waals surface area (Å²) in [5, 5.41) is 0. The number of rotatable bonds is 2. The van der Waals surface area contributed by atoms with E-state index in [0.717, 1.165) is 25.1 Å². The first-order valence-corrected chi connectivity index (χ1v) is 6.65. The predicted molar refractivity (Wildman–Crippen MR) is 73.2 cm³/mol. The second-order valence-corrected chi connectivity index (χ2v) is 5.44. The first-order valence-electron chi connectivity index (χ1n) is 6.65. The molecule has 2 atom stereocenters. The fourth-order valence-corrected chi connectivity index (χ4v) is 2.50. The molecule has 0 spiro atoms. The highest BCUT2D eigenvalue weighted by molar-refractivity contribution is 5.79. The smallest absolute Gasteiger partial charge is 0.227 e. The summed E-state index contributed by atoms with van der Waals surface area (Å²) >= 11 is 0. The normalized spacial score (nSPS) is 24.1. The van der Waals surface area contributed by atoms with Crippen LogP contribution in [0.5, 0.6) is 0 Å². The first-order chi connectivity index (χ1) is 8.56. The largest absolute Gasteiger partial charge is 0.342 e. The van der Waals surface area contributed by atoms with Crippen molar-refractivity contribution in [1.29, 1.82) is 0 Å². The van der Waals surface area contributed by atoms with Gasteiger partial charge in [-0.25, -0.2) is 0 Å². The summed E-state index contributed by atoms with van der Waals surface area (Å²) in [5.74, 6) is 0.625. The zero-order chi connectivity index (χ0) is 13.1. The van der Waals surface area contributed by atoms with Crippen LogP contribution in [0.3, 0.4) is 0 Å². The number of aryl methyl sites for hydroxylation is 1. The van der Waals surface area contributed by atoms with Gasteiger partial charge in [-0.15, -0.1) is 0 Å². The van der Waals surface area contributed by atoms with E-state index in [0.29, 0.717) is 12.3 Å². The highest BCUT2D eigenvalue weighted by Crippen LogP contribution is 2.16. The summed E-state index contributed by atoms with van der Waals surface area (Å²) in [6.07, 6.45) is 1.42. The molecule has 0 radical (unpaired) electrons. The number of benzene rings is 1. The van der Waals surface area contributed by atoms with Gasteiger partial charge in [0.15, 0.2) is 0 Å². The molecule has 1 aromatic rings. The van der Waals surface area contributed by atoms with E-state index >= 15 is 0 Å². The van der Waals surface area contributed by atoms with E-state index in [1.54, 1.807) is 0 Å². The Balaban J connectivity index is 1.96. The third-order valence-corrected chi connectivity index (χ3v) is 3.76. The SMILES string of the molecule is Cc1cccc(CC(=O)N2CCC(N)C(C)C2)c1. The van der Waals surface area contributed by atoms with E-state index in [9.17, 15) is 4.79 Å². The number of likely N-dealkylation sites (tertiary alicyclic amines) is 1. The number of amides is 1. The van der Waals surface area contributed by atoms with E-state index in [-0.39, 0.29) is 11.9 Å². The van der Waals surface area contributed by atoms with Gasteiger partial charge in [-0.2, -0.15) is 0 Å². The Morgan fingerprint density at radius 3 is 2.94 bits per heavy atom. The minimum atomic E-state index is 0.222. The van der Waals surface area contributed by atoms with Crippen LogP contribution in [0.1, 0.15) is 24.5 Å². The summed E-state index contributed by atoms with van der Waals surface area (Å²) in [6, 6.07) is 8.40. The number of carbonyl (C=O) groups excluding carboxylic acids is 1. The Morgan fingerprint density at radius 2 is 2.28 bits per heavy atom. The molecule has 0 aliphatic carbocycles. The van der Waals surface area contributed by atoms with Gasteiger partial charge in [0.2, 0.25) is 5.91 Å². The van der Waals surface area contributed by atoms with Gasteiger partial charge in [0.05, 0.1) is 6.42 Å². The van der Waals surface area contributed by atoms with Gasteiger partial charge in [0.25, 0.3) is 0 Å². The molecule has 1 aromatic carbocycles. The standard InChI is InChI=1S/C15H22N2O/c1-11-4-3-5-13(8-11)9-15(18)17-7-6-14(16)12(2)10-17/h3-5,8,12,14H,6-7,9-10,16H2,1-2H3. The van der Waals surface area contributed by atoms with Crippen LogP contribution in [0.4, 0.5) is 0 Å². The highest BCUT2D eigenvalue weighted by Gasteiger charge is 2.25. The number of hydrogen-bond acceptors (Lipinski definition) is 2. The lowest BCUT2D eigenvalue weighted by Gasteiger charge is -2.35. The summed E-state index contributed by atoms with van der Waals surface area (Å²) < 4.78 is 0. The summed E-state index contributed by atoms with van der Waals surface area (Å²) in [7, 11) is 0. The fourth-order valence-electron chi connectivity index (χ4n) is 2.50. The lowest BCUT2D eigenvalue weighted by Crippen LogP contribution is -2.48. The number of carbonyl (C=O) groups is 1. The molecule has 1 saturated heterocycles. The van der Waals surface area contributed by atoms with Crippen LogP contribution in [-0.2, 0) is 11.2 Å². The molecule has 98 valence electrons. The quantitative estimate of drug-likeness (QED) is 0.864. The van der Waals surface area contributed by atoms with Crippen molar-refractivity contribution in [2.45, 2.75) is 32.7 Å². The molecular weight excluding hydrogens is 224 g/mol. The van der Waals surface area contributed by atoms with Crippen molar-refractivity contribution < 1.29 is 4.79 Å². The molecule has 0 saturated carbocycles. The van der Waals surface area contributed by atoms with Crippen molar-refractivity contribution in [3.63, 3.8) is 0 Å². The Labute approximate surface area is 109 Å². The number of nitrogens with zero attached hydrogens (tertiary/aromatic N) is 1. The van der Waals surface area contributed by atoms with Crippen LogP contribution in [-0.4, -0.2) is 29.9 Å². The second-order valence-electron chi connectivity index (χ2n) is 5.44. The maximum Gasteiger partial charge on any atom is 0.227 e. The molecule has 2 unspecified atom stereocenters. The molecule has 3 heteroatoms. The molecule has 2 rings (SSSR count). The topological polar surface area (TPSA) is 46.3 Å². The Bertz CT molecular complexity index is 430. The number of hydrogen-bond donors (Lipinski definition) is 1. The van der Waals surface area contributed by atoms with Crippen LogP contribution in [0, 0.1) is 12.8 Å². The molecular formula is C15H22N2O.